The van der Waals surface area contributed by atoms with Crippen molar-refractivity contribution in [3.8, 4) is 11.5 Å². The van der Waals surface area contributed by atoms with Crippen molar-refractivity contribution in [2.45, 2.75) is 12.8 Å². The molecule has 2 heterocycles. The van der Waals surface area contributed by atoms with E-state index in [4.69, 9.17) is 9.47 Å². The molecule has 120 valence electrons. The summed E-state index contributed by atoms with van der Waals surface area (Å²) in [6, 6.07) is 5.38. The molecule has 2 fully saturated rings. The molecule has 22 heavy (non-hydrogen) atoms. The molecule has 0 saturated carbocycles. The standard InChI is InChI=1S/C17H24N2O3/c1-21-14-3-4-15(16(9-14)22-2)17(20)19-7-5-12-10-18-11-13(12)6-8-19/h3-4,9,12-13,18H,5-8,10-11H2,1-2H3/t12-,13+. The Bertz CT molecular complexity index is 533. The van der Waals surface area contributed by atoms with Crippen molar-refractivity contribution in [1.29, 1.82) is 0 Å². The van der Waals surface area contributed by atoms with Crippen LogP contribution in [0.4, 0.5) is 0 Å². The third kappa shape index (κ3) is 2.90. The summed E-state index contributed by atoms with van der Waals surface area (Å²) in [6.45, 7) is 3.85. The molecular formula is C17H24N2O3. The molecule has 1 amide bonds. The van der Waals surface area contributed by atoms with E-state index in [1.807, 2.05) is 11.0 Å². The monoisotopic (exact) mass is 304 g/mol. The number of methoxy groups -OCH3 is 2. The van der Waals surface area contributed by atoms with E-state index in [2.05, 4.69) is 5.32 Å². The van der Waals surface area contributed by atoms with Gasteiger partial charge in [-0.15, -0.1) is 0 Å². The van der Waals surface area contributed by atoms with Crippen LogP contribution < -0.4 is 14.8 Å². The molecule has 1 aromatic rings. The van der Waals surface area contributed by atoms with Crippen LogP contribution in [0.1, 0.15) is 23.2 Å². The molecule has 0 bridgehead atoms. The average molecular weight is 304 g/mol. The molecule has 2 atom stereocenters. The number of benzene rings is 1. The molecule has 2 aliphatic rings. The molecule has 0 unspecified atom stereocenters. The Kier molecular flexibility index (Phi) is 4.52. The lowest BCUT2D eigenvalue weighted by Gasteiger charge is -2.22. The van der Waals surface area contributed by atoms with E-state index in [9.17, 15) is 4.79 Å². The largest absolute Gasteiger partial charge is 0.497 e. The minimum Gasteiger partial charge on any atom is -0.497 e. The van der Waals surface area contributed by atoms with E-state index in [0.717, 1.165) is 50.9 Å². The summed E-state index contributed by atoms with van der Waals surface area (Å²) in [5.41, 5.74) is 0.619. The van der Waals surface area contributed by atoms with Crippen LogP contribution in [0.15, 0.2) is 18.2 Å². The quantitative estimate of drug-likeness (QED) is 0.925. The minimum absolute atomic E-state index is 0.0624. The van der Waals surface area contributed by atoms with Crippen molar-refractivity contribution in [2.24, 2.45) is 11.8 Å². The summed E-state index contributed by atoms with van der Waals surface area (Å²) in [5, 5.41) is 3.46. The molecule has 1 aromatic carbocycles. The molecular weight excluding hydrogens is 280 g/mol. The van der Waals surface area contributed by atoms with E-state index >= 15 is 0 Å². The Balaban J connectivity index is 1.76. The first-order chi connectivity index (χ1) is 10.7. The zero-order valence-corrected chi connectivity index (χ0v) is 13.3. The first kappa shape index (κ1) is 15.2. The number of nitrogens with one attached hydrogen (secondary N) is 1. The molecule has 1 N–H and O–H groups in total. The van der Waals surface area contributed by atoms with E-state index < -0.39 is 0 Å². The van der Waals surface area contributed by atoms with Crippen molar-refractivity contribution >= 4 is 5.91 Å². The topological polar surface area (TPSA) is 50.8 Å². The van der Waals surface area contributed by atoms with Gasteiger partial charge >= 0.3 is 0 Å². The van der Waals surface area contributed by atoms with Gasteiger partial charge in [0.25, 0.3) is 5.91 Å². The highest BCUT2D eigenvalue weighted by Gasteiger charge is 2.32. The Labute approximate surface area is 131 Å². The molecule has 0 radical (unpaired) electrons. The number of nitrogens with zero attached hydrogens (tertiary/aromatic N) is 1. The number of rotatable bonds is 3. The van der Waals surface area contributed by atoms with Gasteiger partial charge in [0.1, 0.15) is 11.5 Å². The third-order valence-corrected chi connectivity index (χ3v) is 4.95. The fraction of sp³-hybridized carbons (Fsp3) is 0.588. The molecule has 2 aliphatic heterocycles. The number of carbonyl (C=O) groups is 1. The summed E-state index contributed by atoms with van der Waals surface area (Å²) < 4.78 is 10.6. The van der Waals surface area contributed by atoms with Gasteiger partial charge < -0.3 is 19.7 Å². The number of likely N-dealkylation sites (tertiary alicyclic amines) is 1. The Hall–Kier alpha value is -1.75. The summed E-state index contributed by atoms with van der Waals surface area (Å²) in [4.78, 5) is 14.8. The van der Waals surface area contributed by atoms with Gasteiger partial charge in [0.2, 0.25) is 0 Å². The van der Waals surface area contributed by atoms with Gasteiger partial charge in [0.05, 0.1) is 19.8 Å². The molecule has 0 aromatic heterocycles. The Morgan fingerprint density at radius 2 is 1.82 bits per heavy atom. The van der Waals surface area contributed by atoms with Gasteiger partial charge in [-0.05, 0) is 49.9 Å². The number of amides is 1. The Morgan fingerprint density at radius 3 is 2.41 bits per heavy atom. The van der Waals surface area contributed by atoms with Crippen molar-refractivity contribution in [2.75, 3.05) is 40.4 Å². The number of fused-ring (bicyclic) bond motifs is 1. The predicted molar refractivity (Wildman–Crippen MR) is 84.5 cm³/mol. The predicted octanol–water partition coefficient (Wildman–Crippen LogP) is 1.78. The molecule has 0 spiro atoms. The second-order valence-electron chi connectivity index (χ2n) is 6.11. The van der Waals surface area contributed by atoms with Crippen LogP contribution in [-0.4, -0.2) is 51.2 Å². The Morgan fingerprint density at radius 1 is 1.14 bits per heavy atom. The number of carbonyl (C=O) groups excluding carboxylic acids is 1. The lowest BCUT2D eigenvalue weighted by Crippen LogP contribution is -2.33. The summed E-state index contributed by atoms with van der Waals surface area (Å²) >= 11 is 0. The highest BCUT2D eigenvalue weighted by atomic mass is 16.5. The first-order valence-corrected chi connectivity index (χ1v) is 7.95. The van der Waals surface area contributed by atoms with Gasteiger partial charge in [0.15, 0.2) is 0 Å². The van der Waals surface area contributed by atoms with E-state index in [-0.39, 0.29) is 5.91 Å². The number of hydrogen-bond donors (Lipinski definition) is 1. The minimum atomic E-state index is 0.0624. The highest BCUT2D eigenvalue weighted by Crippen LogP contribution is 2.30. The van der Waals surface area contributed by atoms with Crippen LogP contribution >= 0.6 is 0 Å². The van der Waals surface area contributed by atoms with Gasteiger partial charge in [-0.2, -0.15) is 0 Å². The zero-order chi connectivity index (χ0) is 15.5. The van der Waals surface area contributed by atoms with Crippen LogP contribution in [0.5, 0.6) is 11.5 Å². The van der Waals surface area contributed by atoms with Gasteiger partial charge in [-0.1, -0.05) is 0 Å². The van der Waals surface area contributed by atoms with Gasteiger partial charge in [0, 0.05) is 19.2 Å². The molecule has 3 rings (SSSR count). The normalized spacial score (nSPS) is 24.5. The second-order valence-corrected chi connectivity index (χ2v) is 6.11. The molecule has 5 heteroatoms. The van der Waals surface area contributed by atoms with E-state index in [1.165, 1.54) is 0 Å². The maximum absolute atomic E-state index is 12.8. The smallest absolute Gasteiger partial charge is 0.257 e. The van der Waals surface area contributed by atoms with Crippen molar-refractivity contribution in [1.82, 2.24) is 10.2 Å². The fourth-order valence-electron chi connectivity index (χ4n) is 3.57. The highest BCUT2D eigenvalue weighted by molar-refractivity contribution is 5.97. The number of ether oxygens (including phenoxy) is 2. The fourth-order valence-corrected chi connectivity index (χ4v) is 3.57. The molecule has 0 aliphatic carbocycles. The van der Waals surface area contributed by atoms with Crippen molar-refractivity contribution in [3.05, 3.63) is 23.8 Å². The van der Waals surface area contributed by atoms with Crippen LogP contribution in [0.3, 0.4) is 0 Å². The summed E-state index contributed by atoms with van der Waals surface area (Å²) in [6.07, 6.45) is 2.17. The van der Waals surface area contributed by atoms with Gasteiger partial charge in [-0.25, -0.2) is 0 Å². The lowest BCUT2D eigenvalue weighted by molar-refractivity contribution is 0.0755. The van der Waals surface area contributed by atoms with E-state index in [0.29, 0.717) is 17.1 Å². The van der Waals surface area contributed by atoms with E-state index in [1.54, 1.807) is 26.4 Å². The summed E-state index contributed by atoms with van der Waals surface area (Å²) in [5.74, 6) is 2.78. The average Bonchev–Trinajstić information content (AvgIpc) is 2.92. The SMILES string of the molecule is COc1ccc(C(=O)N2CC[C@@H]3CNC[C@@H]3CC2)c(OC)c1. The van der Waals surface area contributed by atoms with Crippen LogP contribution in [-0.2, 0) is 0 Å². The molecule has 5 nitrogen and oxygen atoms in total. The lowest BCUT2D eigenvalue weighted by atomic mass is 9.92. The maximum Gasteiger partial charge on any atom is 0.257 e. The van der Waals surface area contributed by atoms with Gasteiger partial charge in [-0.3, -0.25) is 4.79 Å². The summed E-state index contributed by atoms with van der Waals surface area (Å²) in [7, 11) is 3.20. The van der Waals surface area contributed by atoms with Crippen LogP contribution in [0.2, 0.25) is 0 Å². The van der Waals surface area contributed by atoms with Crippen molar-refractivity contribution in [3.63, 3.8) is 0 Å². The van der Waals surface area contributed by atoms with Crippen LogP contribution in [0.25, 0.3) is 0 Å². The first-order valence-electron chi connectivity index (χ1n) is 7.95. The third-order valence-electron chi connectivity index (χ3n) is 4.95. The number of hydrogen-bond acceptors (Lipinski definition) is 4. The maximum atomic E-state index is 12.8. The molecule has 2 saturated heterocycles. The zero-order valence-electron chi connectivity index (χ0n) is 13.3. The second kappa shape index (κ2) is 6.57. The van der Waals surface area contributed by atoms with Crippen LogP contribution in [0, 0.1) is 11.8 Å². The van der Waals surface area contributed by atoms with Crippen molar-refractivity contribution < 1.29 is 14.3 Å².